The highest BCUT2D eigenvalue weighted by atomic mass is 35.5. The van der Waals surface area contributed by atoms with Crippen molar-refractivity contribution < 1.29 is 4.79 Å². The van der Waals surface area contributed by atoms with E-state index in [0.29, 0.717) is 5.92 Å². The van der Waals surface area contributed by atoms with Crippen molar-refractivity contribution in [2.75, 3.05) is 11.9 Å². The summed E-state index contributed by atoms with van der Waals surface area (Å²) in [5.41, 5.74) is 1.65. The summed E-state index contributed by atoms with van der Waals surface area (Å²) in [6.07, 6.45) is 3.78. The molecule has 0 spiro atoms. The first kappa shape index (κ1) is 14.9. The molecular formula is C13H20ClN3O. The summed E-state index contributed by atoms with van der Waals surface area (Å²) in [7, 11) is 0. The van der Waals surface area contributed by atoms with E-state index in [2.05, 4.69) is 22.5 Å². The van der Waals surface area contributed by atoms with Gasteiger partial charge >= 0.3 is 0 Å². The molecule has 0 aromatic carbocycles. The third kappa shape index (κ3) is 3.68. The number of hydrogen-bond donors (Lipinski definition) is 2. The smallest absolute Gasteiger partial charge is 0.241 e. The number of carbonyl (C=O) groups excluding carboxylic acids is 1. The van der Waals surface area contributed by atoms with E-state index in [0.717, 1.165) is 30.8 Å². The van der Waals surface area contributed by atoms with E-state index in [1.165, 1.54) is 0 Å². The second-order valence-corrected chi connectivity index (χ2v) is 4.76. The Labute approximate surface area is 114 Å². The van der Waals surface area contributed by atoms with E-state index in [9.17, 15) is 4.79 Å². The van der Waals surface area contributed by atoms with Crippen molar-refractivity contribution in [1.82, 2.24) is 10.3 Å². The highest BCUT2D eigenvalue weighted by Gasteiger charge is 2.24. The first-order valence-electron chi connectivity index (χ1n) is 6.12. The van der Waals surface area contributed by atoms with Gasteiger partial charge in [-0.15, -0.1) is 12.4 Å². The third-order valence-corrected chi connectivity index (χ3v) is 3.25. The van der Waals surface area contributed by atoms with Gasteiger partial charge in [0.15, 0.2) is 0 Å². The van der Waals surface area contributed by atoms with Crippen LogP contribution in [0.5, 0.6) is 0 Å². The first-order chi connectivity index (χ1) is 8.16. The minimum Gasteiger partial charge on any atom is -0.323 e. The predicted octanol–water partition coefficient (Wildman–Crippen LogP) is 2.14. The Morgan fingerprint density at radius 2 is 2.33 bits per heavy atom. The Hall–Kier alpha value is -1.13. The number of aryl methyl sites for hydroxylation is 1. The molecule has 1 saturated heterocycles. The third-order valence-electron chi connectivity index (χ3n) is 3.25. The van der Waals surface area contributed by atoms with Crippen molar-refractivity contribution in [1.29, 1.82) is 0 Å². The van der Waals surface area contributed by atoms with Crippen LogP contribution in [-0.4, -0.2) is 23.5 Å². The average molecular weight is 270 g/mol. The molecule has 18 heavy (non-hydrogen) atoms. The van der Waals surface area contributed by atoms with Crippen molar-refractivity contribution in [2.45, 2.75) is 32.7 Å². The molecule has 2 unspecified atom stereocenters. The van der Waals surface area contributed by atoms with E-state index in [4.69, 9.17) is 0 Å². The van der Waals surface area contributed by atoms with Crippen LogP contribution in [0.4, 0.5) is 5.69 Å². The number of halogens is 1. The zero-order chi connectivity index (χ0) is 12.3. The number of pyridine rings is 1. The summed E-state index contributed by atoms with van der Waals surface area (Å²) in [6.45, 7) is 5.01. The normalized spacial score (nSPS) is 23.0. The number of anilines is 1. The second-order valence-electron chi connectivity index (χ2n) is 4.76. The monoisotopic (exact) mass is 269 g/mol. The lowest BCUT2D eigenvalue weighted by molar-refractivity contribution is -0.119. The van der Waals surface area contributed by atoms with Crippen LogP contribution in [0.25, 0.3) is 0 Å². The van der Waals surface area contributed by atoms with Crippen LogP contribution in [0.3, 0.4) is 0 Å². The van der Waals surface area contributed by atoms with Crippen molar-refractivity contribution in [3.8, 4) is 0 Å². The number of nitrogens with one attached hydrogen (secondary N) is 2. The molecule has 1 fully saturated rings. The summed E-state index contributed by atoms with van der Waals surface area (Å²) in [5.74, 6) is 0.662. The van der Waals surface area contributed by atoms with Gasteiger partial charge in [0, 0.05) is 6.20 Å². The van der Waals surface area contributed by atoms with Gasteiger partial charge in [0.2, 0.25) is 5.91 Å². The van der Waals surface area contributed by atoms with Crippen molar-refractivity contribution in [3.63, 3.8) is 0 Å². The van der Waals surface area contributed by atoms with Crippen LogP contribution >= 0.6 is 12.4 Å². The second kappa shape index (κ2) is 6.71. The van der Waals surface area contributed by atoms with Gasteiger partial charge in [0.05, 0.1) is 17.4 Å². The molecule has 2 heterocycles. The van der Waals surface area contributed by atoms with Crippen LogP contribution in [-0.2, 0) is 4.79 Å². The number of aromatic nitrogens is 1. The lowest BCUT2D eigenvalue weighted by Gasteiger charge is -2.27. The summed E-state index contributed by atoms with van der Waals surface area (Å²) in [5, 5.41) is 6.19. The molecule has 2 atom stereocenters. The van der Waals surface area contributed by atoms with Crippen molar-refractivity contribution in [2.24, 2.45) is 5.92 Å². The van der Waals surface area contributed by atoms with Gasteiger partial charge in [-0.2, -0.15) is 0 Å². The fourth-order valence-electron chi connectivity index (χ4n) is 2.14. The summed E-state index contributed by atoms with van der Waals surface area (Å²) < 4.78 is 0. The lowest BCUT2D eigenvalue weighted by Crippen LogP contribution is -2.45. The quantitative estimate of drug-likeness (QED) is 0.865. The Morgan fingerprint density at radius 3 is 3.00 bits per heavy atom. The number of rotatable bonds is 2. The maximum absolute atomic E-state index is 12.1. The van der Waals surface area contributed by atoms with Gasteiger partial charge < -0.3 is 10.6 Å². The summed E-state index contributed by atoms with van der Waals surface area (Å²) in [4.78, 5) is 16.2. The molecule has 1 aromatic heterocycles. The SMILES string of the molecule is Cc1ncccc1NC(=O)C1CC(C)CCN1.Cl. The van der Waals surface area contributed by atoms with E-state index < -0.39 is 0 Å². The standard InChI is InChI=1S/C13H19N3O.ClH/c1-9-5-7-15-12(8-9)13(17)16-11-4-3-6-14-10(11)2;/h3-4,6,9,12,15H,5,7-8H2,1-2H3,(H,16,17);1H. The minimum atomic E-state index is -0.0710. The van der Waals surface area contributed by atoms with Crippen LogP contribution in [0.1, 0.15) is 25.5 Å². The largest absolute Gasteiger partial charge is 0.323 e. The van der Waals surface area contributed by atoms with Gasteiger partial charge in [0.25, 0.3) is 0 Å². The Balaban J connectivity index is 0.00000162. The predicted molar refractivity (Wildman–Crippen MR) is 75.0 cm³/mol. The van der Waals surface area contributed by atoms with E-state index in [-0.39, 0.29) is 24.4 Å². The molecule has 4 nitrogen and oxygen atoms in total. The maximum atomic E-state index is 12.1. The fourth-order valence-corrected chi connectivity index (χ4v) is 2.14. The van der Waals surface area contributed by atoms with Crippen LogP contribution < -0.4 is 10.6 Å². The van der Waals surface area contributed by atoms with Gasteiger partial charge in [-0.1, -0.05) is 6.92 Å². The molecule has 2 rings (SSSR count). The molecule has 5 heteroatoms. The van der Waals surface area contributed by atoms with Crippen molar-refractivity contribution >= 4 is 24.0 Å². The molecular weight excluding hydrogens is 250 g/mol. The molecule has 1 aliphatic rings. The van der Waals surface area contributed by atoms with Gasteiger partial charge in [-0.05, 0) is 44.4 Å². The minimum absolute atomic E-state index is 0. The maximum Gasteiger partial charge on any atom is 0.241 e. The lowest BCUT2D eigenvalue weighted by atomic mass is 9.94. The average Bonchev–Trinajstić information content (AvgIpc) is 2.32. The molecule has 1 aliphatic heterocycles. The molecule has 0 radical (unpaired) electrons. The van der Waals surface area contributed by atoms with Crippen LogP contribution in [0.2, 0.25) is 0 Å². The van der Waals surface area contributed by atoms with E-state index in [1.54, 1.807) is 6.20 Å². The summed E-state index contributed by atoms with van der Waals surface area (Å²) >= 11 is 0. The van der Waals surface area contributed by atoms with Gasteiger partial charge in [0.1, 0.15) is 0 Å². The number of carbonyl (C=O) groups is 1. The zero-order valence-electron chi connectivity index (χ0n) is 10.8. The number of amides is 1. The van der Waals surface area contributed by atoms with E-state index >= 15 is 0 Å². The topological polar surface area (TPSA) is 54.0 Å². The van der Waals surface area contributed by atoms with E-state index in [1.807, 2.05) is 19.1 Å². The molecule has 0 aliphatic carbocycles. The Kier molecular flexibility index (Phi) is 5.56. The van der Waals surface area contributed by atoms with Crippen molar-refractivity contribution in [3.05, 3.63) is 24.0 Å². The van der Waals surface area contributed by atoms with Crippen LogP contribution in [0.15, 0.2) is 18.3 Å². The number of piperidine rings is 1. The Morgan fingerprint density at radius 1 is 1.56 bits per heavy atom. The molecule has 1 aromatic rings. The molecule has 0 bridgehead atoms. The number of hydrogen-bond acceptors (Lipinski definition) is 3. The summed E-state index contributed by atoms with van der Waals surface area (Å²) in [6, 6.07) is 3.64. The molecule has 2 N–H and O–H groups in total. The first-order valence-corrected chi connectivity index (χ1v) is 6.12. The highest BCUT2D eigenvalue weighted by molar-refractivity contribution is 5.95. The molecule has 1 amide bonds. The molecule has 0 saturated carbocycles. The Bertz CT molecular complexity index is 411. The van der Waals surface area contributed by atoms with Crippen LogP contribution in [0, 0.1) is 12.8 Å². The fraction of sp³-hybridized carbons (Fsp3) is 0.538. The zero-order valence-corrected chi connectivity index (χ0v) is 11.6. The van der Waals surface area contributed by atoms with Gasteiger partial charge in [-0.3, -0.25) is 9.78 Å². The molecule has 100 valence electrons. The number of nitrogens with zero attached hydrogens (tertiary/aromatic N) is 1. The van der Waals surface area contributed by atoms with Gasteiger partial charge in [-0.25, -0.2) is 0 Å². The highest BCUT2D eigenvalue weighted by Crippen LogP contribution is 2.17.